The predicted molar refractivity (Wildman–Crippen MR) is 154 cm³/mol. The van der Waals surface area contributed by atoms with Gasteiger partial charge in [-0.1, -0.05) is 58.9 Å². The zero-order chi connectivity index (χ0) is 28.9. The van der Waals surface area contributed by atoms with Gasteiger partial charge in [0, 0.05) is 48.8 Å². The van der Waals surface area contributed by atoms with Gasteiger partial charge in [-0.15, -0.1) is 0 Å². The number of carbonyl (C=O) groups excluding carboxylic acids is 3. The van der Waals surface area contributed by atoms with Gasteiger partial charge in [-0.25, -0.2) is 4.39 Å². The lowest BCUT2D eigenvalue weighted by atomic mass is 9.91. The van der Waals surface area contributed by atoms with Crippen LogP contribution in [0, 0.1) is 17.7 Å². The Balaban J connectivity index is 2.24. The molecule has 0 aliphatic heterocycles. The largest absolute Gasteiger partial charge is 0.356 e. The number of hydrogen-bond acceptors (Lipinski definition) is 4. The molecule has 2 aromatic rings. The van der Waals surface area contributed by atoms with E-state index in [1.165, 1.54) is 6.07 Å². The van der Waals surface area contributed by atoms with Gasteiger partial charge < -0.3 is 21.3 Å². The Hall–Kier alpha value is -3.26. The minimum atomic E-state index is -0.634. The van der Waals surface area contributed by atoms with E-state index in [0.29, 0.717) is 48.7 Å². The molecule has 0 saturated heterocycles. The quantitative estimate of drug-likeness (QED) is 0.308. The molecule has 0 fully saturated rings. The Kier molecular flexibility index (Phi) is 13.1. The molecule has 39 heavy (non-hydrogen) atoms. The summed E-state index contributed by atoms with van der Waals surface area (Å²) in [5.41, 5.74) is 7.73. The van der Waals surface area contributed by atoms with Crippen LogP contribution in [-0.4, -0.2) is 54.3 Å². The van der Waals surface area contributed by atoms with Gasteiger partial charge in [0.2, 0.25) is 5.91 Å². The van der Waals surface area contributed by atoms with Crippen LogP contribution >= 0.6 is 0 Å². The maximum Gasteiger partial charge on any atom is 0.253 e. The van der Waals surface area contributed by atoms with Crippen LogP contribution in [-0.2, 0) is 11.2 Å². The molecule has 0 bridgehead atoms. The van der Waals surface area contributed by atoms with Crippen molar-refractivity contribution in [3.05, 3.63) is 71.0 Å². The van der Waals surface area contributed by atoms with Crippen LogP contribution in [0.3, 0.4) is 0 Å². The van der Waals surface area contributed by atoms with Crippen molar-refractivity contribution in [3.8, 4) is 0 Å². The van der Waals surface area contributed by atoms with Crippen LogP contribution in [0.2, 0.25) is 0 Å². The number of hydrogen-bond donors (Lipinski definition) is 3. The van der Waals surface area contributed by atoms with Gasteiger partial charge in [0.05, 0.1) is 0 Å². The van der Waals surface area contributed by atoms with E-state index in [2.05, 4.69) is 10.6 Å². The molecular weight excluding hydrogens is 495 g/mol. The van der Waals surface area contributed by atoms with Gasteiger partial charge >= 0.3 is 0 Å². The lowest BCUT2D eigenvalue weighted by molar-refractivity contribution is -0.125. The van der Waals surface area contributed by atoms with Crippen molar-refractivity contribution in [1.29, 1.82) is 0 Å². The summed E-state index contributed by atoms with van der Waals surface area (Å²) < 4.78 is 14.5. The molecule has 7 nitrogen and oxygen atoms in total. The van der Waals surface area contributed by atoms with Crippen molar-refractivity contribution < 1.29 is 18.8 Å². The van der Waals surface area contributed by atoms with E-state index in [4.69, 9.17) is 5.73 Å². The van der Waals surface area contributed by atoms with Crippen molar-refractivity contribution in [2.75, 3.05) is 19.6 Å². The number of amides is 3. The molecule has 214 valence electrons. The zero-order valence-corrected chi connectivity index (χ0v) is 24.0. The first-order valence-corrected chi connectivity index (χ1v) is 14.0. The highest BCUT2D eigenvalue weighted by Crippen LogP contribution is 2.16. The molecule has 0 aliphatic rings. The summed E-state index contributed by atoms with van der Waals surface area (Å²) in [4.78, 5) is 40.8. The second kappa shape index (κ2) is 16.0. The highest BCUT2D eigenvalue weighted by atomic mass is 19.1. The minimum absolute atomic E-state index is 0.106. The monoisotopic (exact) mass is 540 g/mol. The van der Waals surface area contributed by atoms with E-state index in [1.807, 2.05) is 27.7 Å². The number of halogens is 1. The highest BCUT2D eigenvalue weighted by molar-refractivity contribution is 5.99. The summed E-state index contributed by atoms with van der Waals surface area (Å²) in [5.74, 6) is -1.08. The SMILES string of the molecule is CCCN(CCC)C(=O)c1cccc(C(=O)N[C@@H](Cc2ccccc2F)[C@@H](N)C[C@@H](C)C(=O)NCC(C)C)c1. The van der Waals surface area contributed by atoms with E-state index in [9.17, 15) is 18.8 Å². The van der Waals surface area contributed by atoms with Crippen molar-refractivity contribution in [2.45, 2.75) is 72.4 Å². The zero-order valence-electron chi connectivity index (χ0n) is 24.0. The van der Waals surface area contributed by atoms with E-state index >= 15 is 0 Å². The highest BCUT2D eigenvalue weighted by Gasteiger charge is 2.27. The normalized spacial score (nSPS) is 13.4. The summed E-state index contributed by atoms with van der Waals surface area (Å²) >= 11 is 0. The summed E-state index contributed by atoms with van der Waals surface area (Å²) in [5, 5.41) is 5.88. The fraction of sp³-hybridized carbons (Fsp3) is 0.516. The maximum atomic E-state index is 14.5. The number of rotatable bonds is 15. The fourth-order valence-electron chi connectivity index (χ4n) is 4.45. The van der Waals surface area contributed by atoms with Crippen molar-refractivity contribution in [1.82, 2.24) is 15.5 Å². The van der Waals surface area contributed by atoms with Crippen molar-refractivity contribution in [2.24, 2.45) is 17.6 Å². The summed E-state index contributed by atoms with van der Waals surface area (Å²) in [7, 11) is 0. The molecular formula is C31H45FN4O3. The second-order valence-electron chi connectivity index (χ2n) is 10.7. The molecule has 0 saturated carbocycles. The molecule has 0 aromatic heterocycles. The topological polar surface area (TPSA) is 105 Å². The number of benzene rings is 2. The van der Waals surface area contributed by atoms with E-state index < -0.39 is 18.0 Å². The average Bonchev–Trinajstić information content (AvgIpc) is 2.91. The second-order valence-corrected chi connectivity index (χ2v) is 10.7. The van der Waals surface area contributed by atoms with Gasteiger partial charge in [-0.05, 0) is 61.4 Å². The van der Waals surface area contributed by atoms with Gasteiger partial charge in [-0.3, -0.25) is 14.4 Å². The van der Waals surface area contributed by atoms with Crippen molar-refractivity contribution in [3.63, 3.8) is 0 Å². The third-order valence-corrected chi connectivity index (χ3v) is 6.63. The molecule has 8 heteroatoms. The Morgan fingerprint density at radius 2 is 1.59 bits per heavy atom. The van der Waals surface area contributed by atoms with E-state index in [1.54, 1.807) is 54.3 Å². The molecule has 3 atom stereocenters. The van der Waals surface area contributed by atoms with Crippen LogP contribution in [0.25, 0.3) is 0 Å². The van der Waals surface area contributed by atoms with Gasteiger partial charge in [0.15, 0.2) is 0 Å². The summed E-state index contributed by atoms with van der Waals surface area (Å²) in [6.45, 7) is 11.7. The molecule has 0 aliphatic carbocycles. The minimum Gasteiger partial charge on any atom is -0.356 e. The summed E-state index contributed by atoms with van der Waals surface area (Å²) in [6.07, 6.45) is 2.16. The maximum absolute atomic E-state index is 14.5. The Morgan fingerprint density at radius 1 is 0.949 bits per heavy atom. The Labute approximate surface area is 232 Å². The van der Waals surface area contributed by atoms with Crippen LogP contribution in [0.4, 0.5) is 4.39 Å². The average molecular weight is 541 g/mol. The predicted octanol–water partition coefficient (Wildman–Crippen LogP) is 4.55. The van der Waals surface area contributed by atoms with Crippen LogP contribution in [0.15, 0.2) is 48.5 Å². The van der Waals surface area contributed by atoms with Crippen LogP contribution in [0.1, 0.15) is 80.2 Å². The smallest absolute Gasteiger partial charge is 0.253 e. The molecule has 0 spiro atoms. The lowest BCUT2D eigenvalue weighted by Crippen LogP contribution is -2.50. The third-order valence-electron chi connectivity index (χ3n) is 6.63. The van der Waals surface area contributed by atoms with Crippen molar-refractivity contribution >= 4 is 17.7 Å². The number of nitrogens with one attached hydrogen (secondary N) is 2. The van der Waals surface area contributed by atoms with E-state index in [0.717, 1.165) is 12.8 Å². The van der Waals surface area contributed by atoms with Crippen LogP contribution < -0.4 is 16.4 Å². The summed E-state index contributed by atoms with van der Waals surface area (Å²) in [6, 6.07) is 11.8. The first-order chi connectivity index (χ1) is 18.6. The molecule has 0 heterocycles. The van der Waals surface area contributed by atoms with Gasteiger partial charge in [-0.2, -0.15) is 0 Å². The molecule has 0 unspecified atom stereocenters. The molecule has 0 radical (unpaired) electrons. The van der Waals surface area contributed by atoms with Gasteiger partial charge in [0.25, 0.3) is 11.8 Å². The van der Waals surface area contributed by atoms with Crippen LogP contribution in [0.5, 0.6) is 0 Å². The lowest BCUT2D eigenvalue weighted by Gasteiger charge is -2.28. The molecule has 4 N–H and O–H groups in total. The fourth-order valence-corrected chi connectivity index (χ4v) is 4.45. The molecule has 2 aromatic carbocycles. The Bertz CT molecular complexity index is 1090. The first-order valence-electron chi connectivity index (χ1n) is 14.0. The van der Waals surface area contributed by atoms with E-state index in [-0.39, 0.29) is 30.0 Å². The number of nitrogens with zero attached hydrogens (tertiary/aromatic N) is 1. The molecule has 2 rings (SSSR count). The Morgan fingerprint density at radius 3 is 2.21 bits per heavy atom. The number of carbonyl (C=O) groups is 3. The standard InChI is InChI=1S/C31H45FN4O3/c1-6-15-36(16-7-2)31(39)25-13-10-12-24(18-25)30(38)35-28(19-23-11-8-9-14-26(23)32)27(33)17-22(5)29(37)34-20-21(3)4/h8-14,18,21-22,27-28H,6-7,15-17,19-20,33H2,1-5H3,(H,34,37)(H,35,38)/t22-,27+,28+/m1/s1. The first kappa shape index (κ1) is 32.0. The van der Waals surface area contributed by atoms with Gasteiger partial charge in [0.1, 0.15) is 5.82 Å². The third kappa shape index (κ3) is 10.1. The number of nitrogens with two attached hydrogens (primary N) is 1. The molecule has 3 amide bonds.